The van der Waals surface area contributed by atoms with Crippen molar-refractivity contribution in [2.75, 3.05) is 10.6 Å². The van der Waals surface area contributed by atoms with Crippen molar-refractivity contribution < 1.29 is 22.8 Å². The van der Waals surface area contributed by atoms with Crippen molar-refractivity contribution in [2.45, 2.75) is 6.42 Å². The van der Waals surface area contributed by atoms with Gasteiger partial charge in [-0.1, -0.05) is 6.07 Å². The zero-order chi connectivity index (χ0) is 21.1. The molecule has 0 unspecified atom stereocenters. The molecule has 10 heteroatoms. The summed E-state index contributed by atoms with van der Waals surface area (Å²) in [5.74, 6) is -2.40. The number of thiophene rings is 1. The number of carbonyl (C=O) groups excluding carboxylic acids is 2. The highest BCUT2D eigenvalue weighted by Crippen LogP contribution is 2.26. The summed E-state index contributed by atoms with van der Waals surface area (Å²) in [7, 11) is 0. The van der Waals surface area contributed by atoms with Gasteiger partial charge in [-0.05, 0) is 42.0 Å². The Morgan fingerprint density at radius 1 is 1.00 bits per heavy atom. The number of amides is 2. The predicted octanol–water partition coefficient (Wildman–Crippen LogP) is 5.17. The number of carbonyl (C=O) groups is 2. The first-order chi connectivity index (χ1) is 14.5. The maximum absolute atomic E-state index is 13.3. The molecule has 4 rings (SSSR count). The quantitative estimate of drug-likeness (QED) is 0.429. The third-order valence-electron chi connectivity index (χ3n) is 3.95. The molecule has 6 nitrogen and oxygen atoms in total. The number of halogens is 2. The van der Waals surface area contributed by atoms with Crippen LogP contribution in [0.1, 0.15) is 30.7 Å². The molecule has 0 aliphatic rings. The first kappa shape index (κ1) is 19.9. The number of aromatic nitrogens is 1. The van der Waals surface area contributed by atoms with Gasteiger partial charge in [0.15, 0.2) is 22.5 Å². The van der Waals surface area contributed by atoms with Gasteiger partial charge < -0.3 is 9.73 Å². The molecule has 3 heterocycles. The lowest BCUT2D eigenvalue weighted by atomic mass is 10.1. The van der Waals surface area contributed by atoms with Gasteiger partial charge in [-0.2, -0.15) is 0 Å². The van der Waals surface area contributed by atoms with Gasteiger partial charge in [0.2, 0.25) is 0 Å². The molecule has 2 amide bonds. The number of hydrogen-bond donors (Lipinski definition) is 2. The summed E-state index contributed by atoms with van der Waals surface area (Å²) in [5, 5.41) is 6.23. The number of nitrogens with one attached hydrogen (secondary N) is 2. The van der Waals surface area contributed by atoms with E-state index >= 15 is 0 Å². The maximum atomic E-state index is 13.3. The molecule has 3 aromatic heterocycles. The minimum atomic E-state index is -0.904. The van der Waals surface area contributed by atoms with Crippen molar-refractivity contribution in [3.8, 4) is 0 Å². The molecule has 0 aliphatic heterocycles. The van der Waals surface area contributed by atoms with E-state index < -0.39 is 17.5 Å². The molecule has 0 bridgehead atoms. The van der Waals surface area contributed by atoms with Gasteiger partial charge in [0, 0.05) is 17.5 Å². The lowest BCUT2D eigenvalue weighted by Gasteiger charge is -2.00. The summed E-state index contributed by atoms with van der Waals surface area (Å²) in [4.78, 5) is 29.7. The number of furan rings is 1. The van der Waals surface area contributed by atoms with Crippen molar-refractivity contribution in [3.63, 3.8) is 0 Å². The number of benzene rings is 1. The van der Waals surface area contributed by atoms with Gasteiger partial charge in [0.1, 0.15) is 0 Å². The van der Waals surface area contributed by atoms with E-state index in [4.69, 9.17) is 4.42 Å². The van der Waals surface area contributed by atoms with Crippen LogP contribution in [0.4, 0.5) is 18.9 Å². The summed E-state index contributed by atoms with van der Waals surface area (Å²) < 4.78 is 31.4. The SMILES string of the molecule is O=C(Nc1ccc(C(=O)Nc2ncc(Cc3ccc(F)c(F)c3)s2)s1)c1ccco1. The summed E-state index contributed by atoms with van der Waals surface area (Å²) >= 11 is 2.35. The van der Waals surface area contributed by atoms with E-state index in [1.807, 2.05) is 0 Å². The summed E-state index contributed by atoms with van der Waals surface area (Å²) in [6.07, 6.45) is 3.34. The summed E-state index contributed by atoms with van der Waals surface area (Å²) in [5.41, 5.74) is 0.602. The fraction of sp³-hybridized carbons (Fsp3) is 0.0500. The van der Waals surface area contributed by atoms with Crippen molar-refractivity contribution in [3.05, 3.63) is 87.6 Å². The normalized spacial score (nSPS) is 10.7. The smallest absolute Gasteiger partial charge is 0.291 e. The molecule has 0 radical (unpaired) electrons. The molecule has 0 saturated heterocycles. The molecular formula is C20H13F2N3O3S2. The van der Waals surface area contributed by atoms with Gasteiger partial charge in [0.05, 0.1) is 16.1 Å². The second-order valence-corrected chi connectivity index (χ2v) is 8.31. The van der Waals surface area contributed by atoms with E-state index in [1.54, 1.807) is 24.4 Å². The van der Waals surface area contributed by atoms with E-state index in [-0.39, 0.29) is 11.7 Å². The van der Waals surface area contributed by atoms with Gasteiger partial charge in [-0.15, -0.1) is 22.7 Å². The van der Waals surface area contributed by atoms with Crippen LogP contribution in [0.5, 0.6) is 0 Å². The van der Waals surface area contributed by atoms with Gasteiger partial charge >= 0.3 is 0 Å². The topological polar surface area (TPSA) is 84.2 Å². The van der Waals surface area contributed by atoms with E-state index in [0.717, 1.165) is 28.3 Å². The van der Waals surface area contributed by atoms with Crippen LogP contribution >= 0.6 is 22.7 Å². The molecule has 0 spiro atoms. The fourth-order valence-electron chi connectivity index (χ4n) is 2.56. The Labute approximate surface area is 177 Å². The highest BCUT2D eigenvalue weighted by molar-refractivity contribution is 7.18. The zero-order valence-electron chi connectivity index (χ0n) is 15.1. The lowest BCUT2D eigenvalue weighted by molar-refractivity contribution is 0.0995. The molecule has 4 aromatic rings. The van der Waals surface area contributed by atoms with Crippen LogP contribution in [-0.4, -0.2) is 16.8 Å². The summed E-state index contributed by atoms with van der Waals surface area (Å²) in [6.45, 7) is 0. The number of thiazole rings is 1. The maximum Gasteiger partial charge on any atom is 0.291 e. The molecule has 0 atom stereocenters. The number of hydrogen-bond acceptors (Lipinski definition) is 6. The van der Waals surface area contributed by atoms with Crippen LogP contribution in [0.15, 0.2) is 59.3 Å². The van der Waals surface area contributed by atoms with Crippen LogP contribution in [-0.2, 0) is 6.42 Å². The van der Waals surface area contributed by atoms with E-state index in [9.17, 15) is 18.4 Å². The number of anilines is 2. The lowest BCUT2D eigenvalue weighted by Crippen LogP contribution is -2.10. The first-order valence-electron chi connectivity index (χ1n) is 8.62. The van der Waals surface area contributed by atoms with Gasteiger partial charge in [-0.3, -0.25) is 14.9 Å². The van der Waals surface area contributed by atoms with Crippen LogP contribution < -0.4 is 10.6 Å². The number of nitrogens with zero attached hydrogens (tertiary/aromatic N) is 1. The molecule has 30 heavy (non-hydrogen) atoms. The van der Waals surface area contributed by atoms with E-state index in [2.05, 4.69) is 15.6 Å². The van der Waals surface area contributed by atoms with Gasteiger partial charge in [-0.25, -0.2) is 13.8 Å². The molecule has 1 aromatic carbocycles. The second-order valence-electron chi connectivity index (χ2n) is 6.11. The molecule has 152 valence electrons. The first-order valence-corrected chi connectivity index (χ1v) is 10.3. The Morgan fingerprint density at radius 2 is 1.87 bits per heavy atom. The predicted molar refractivity (Wildman–Crippen MR) is 110 cm³/mol. The standard InChI is InChI=1S/C20H13F2N3O3S2/c21-13-4-3-11(9-14(13)22)8-12-10-23-20(29-12)25-19(27)16-5-6-17(30-16)24-18(26)15-2-1-7-28-15/h1-7,9-10H,8H2,(H,24,26)(H,23,25,27). The van der Waals surface area contributed by atoms with E-state index in [0.29, 0.717) is 27.0 Å². The molecular weight excluding hydrogens is 432 g/mol. The Bertz CT molecular complexity index is 1200. The minimum Gasteiger partial charge on any atom is -0.459 e. The highest BCUT2D eigenvalue weighted by Gasteiger charge is 2.15. The average Bonchev–Trinajstić information content (AvgIpc) is 3.47. The average molecular weight is 445 g/mol. The van der Waals surface area contributed by atoms with E-state index in [1.165, 1.54) is 29.7 Å². The fourth-order valence-corrected chi connectivity index (χ4v) is 4.20. The Kier molecular flexibility index (Phi) is 5.68. The van der Waals surface area contributed by atoms with Crippen LogP contribution in [0.3, 0.4) is 0 Å². The number of rotatable bonds is 6. The van der Waals surface area contributed by atoms with Gasteiger partial charge in [0.25, 0.3) is 11.8 Å². The Morgan fingerprint density at radius 3 is 2.63 bits per heavy atom. The minimum absolute atomic E-state index is 0.172. The molecule has 0 fully saturated rings. The molecule has 2 N–H and O–H groups in total. The molecule has 0 aliphatic carbocycles. The van der Waals surface area contributed by atoms with Crippen LogP contribution in [0.25, 0.3) is 0 Å². The second kappa shape index (κ2) is 8.56. The highest BCUT2D eigenvalue weighted by atomic mass is 32.1. The zero-order valence-corrected chi connectivity index (χ0v) is 16.8. The van der Waals surface area contributed by atoms with Crippen molar-refractivity contribution in [1.29, 1.82) is 0 Å². The molecule has 0 saturated carbocycles. The third-order valence-corrected chi connectivity index (χ3v) is 5.86. The van der Waals surface area contributed by atoms with Crippen LogP contribution in [0, 0.1) is 11.6 Å². The van der Waals surface area contributed by atoms with Crippen molar-refractivity contribution in [1.82, 2.24) is 4.98 Å². The Hall–Kier alpha value is -3.37. The monoisotopic (exact) mass is 445 g/mol. The van der Waals surface area contributed by atoms with Crippen LogP contribution in [0.2, 0.25) is 0 Å². The third kappa shape index (κ3) is 4.61. The largest absolute Gasteiger partial charge is 0.459 e. The summed E-state index contributed by atoms with van der Waals surface area (Å²) in [6, 6.07) is 10.1. The van der Waals surface area contributed by atoms with Crippen molar-refractivity contribution in [2.24, 2.45) is 0 Å². The Balaban J connectivity index is 1.37. The van der Waals surface area contributed by atoms with Crippen molar-refractivity contribution >= 4 is 44.6 Å².